The molecule has 0 unspecified atom stereocenters. The quantitative estimate of drug-likeness (QED) is 0.769. The van der Waals surface area contributed by atoms with E-state index in [1.807, 2.05) is 12.1 Å². The Morgan fingerprint density at radius 3 is 2.87 bits per heavy atom. The molecule has 0 bridgehead atoms. The van der Waals surface area contributed by atoms with Gasteiger partial charge >= 0.3 is 0 Å². The molecule has 1 rings (SSSR count). The summed E-state index contributed by atoms with van der Waals surface area (Å²) in [6.45, 7) is 2.73. The van der Waals surface area contributed by atoms with Gasteiger partial charge in [0.25, 0.3) is 0 Å². The van der Waals surface area contributed by atoms with Crippen LogP contribution in [-0.2, 0) is 6.54 Å². The third-order valence-electron chi connectivity index (χ3n) is 2.33. The zero-order chi connectivity index (χ0) is 11.1. The van der Waals surface area contributed by atoms with Crippen molar-refractivity contribution in [3.63, 3.8) is 0 Å². The molecule has 3 nitrogen and oxygen atoms in total. The zero-order valence-corrected chi connectivity index (χ0v) is 9.57. The van der Waals surface area contributed by atoms with Crippen molar-refractivity contribution >= 4 is 0 Å². The van der Waals surface area contributed by atoms with Crippen LogP contribution in [0.1, 0.15) is 12.0 Å². The number of methoxy groups -OCH3 is 1. The van der Waals surface area contributed by atoms with Crippen LogP contribution in [-0.4, -0.2) is 32.1 Å². The molecule has 0 atom stereocenters. The highest BCUT2D eigenvalue weighted by atomic mass is 16.5. The van der Waals surface area contributed by atoms with E-state index in [0.717, 1.165) is 31.8 Å². The lowest BCUT2D eigenvalue weighted by molar-refractivity contribution is 0.323. The first-order valence-electron chi connectivity index (χ1n) is 5.28. The number of nitrogens with two attached hydrogens (primary N) is 1. The van der Waals surface area contributed by atoms with Crippen molar-refractivity contribution in [3.05, 3.63) is 29.8 Å². The molecule has 0 aliphatic heterocycles. The molecule has 0 fully saturated rings. The van der Waals surface area contributed by atoms with Crippen LogP contribution in [0, 0.1) is 0 Å². The van der Waals surface area contributed by atoms with Gasteiger partial charge in [-0.3, -0.25) is 0 Å². The van der Waals surface area contributed by atoms with Gasteiger partial charge in [-0.1, -0.05) is 12.1 Å². The summed E-state index contributed by atoms with van der Waals surface area (Å²) in [5.74, 6) is 0.916. The minimum absolute atomic E-state index is 0.752. The van der Waals surface area contributed by atoms with Gasteiger partial charge in [-0.05, 0) is 44.3 Å². The van der Waals surface area contributed by atoms with Crippen molar-refractivity contribution in [2.45, 2.75) is 13.0 Å². The fourth-order valence-electron chi connectivity index (χ4n) is 1.52. The minimum Gasteiger partial charge on any atom is -0.497 e. The van der Waals surface area contributed by atoms with E-state index < -0.39 is 0 Å². The highest BCUT2D eigenvalue weighted by Gasteiger charge is 2.00. The first kappa shape index (κ1) is 12.0. The van der Waals surface area contributed by atoms with Gasteiger partial charge in [-0.25, -0.2) is 0 Å². The van der Waals surface area contributed by atoms with Gasteiger partial charge in [0, 0.05) is 6.54 Å². The normalized spacial score (nSPS) is 10.7. The minimum atomic E-state index is 0.752. The second-order valence-electron chi connectivity index (χ2n) is 3.73. The maximum Gasteiger partial charge on any atom is 0.119 e. The van der Waals surface area contributed by atoms with E-state index in [0.29, 0.717) is 0 Å². The Morgan fingerprint density at radius 2 is 2.20 bits per heavy atom. The smallest absolute Gasteiger partial charge is 0.119 e. The number of hydrogen-bond donors (Lipinski definition) is 1. The van der Waals surface area contributed by atoms with Crippen molar-refractivity contribution in [1.82, 2.24) is 4.90 Å². The predicted octanol–water partition coefficient (Wildman–Crippen LogP) is 1.48. The molecule has 0 amide bonds. The van der Waals surface area contributed by atoms with E-state index >= 15 is 0 Å². The third-order valence-corrected chi connectivity index (χ3v) is 2.33. The van der Waals surface area contributed by atoms with Gasteiger partial charge in [0.2, 0.25) is 0 Å². The molecule has 0 aromatic heterocycles. The SMILES string of the molecule is COc1cccc(CN(C)CCCN)c1. The highest BCUT2D eigenvalue weighted by molar-refractivity contribution is 5.28. The van der Waals surface area contributed by atoms with E-state index in [4.69, 9.17) is 10.5 Å². The summed E-state index contributed by atoms with van der Waals surface area (Å²) in [5, 5.41) is 0. The number of benzene rings is 1. The molecule has 0 saturated heterocycles. The molecule has 1 aromatic carbocycles. The second kappa shape index (κ2) is 6.43. The monoisotopic (exact) mass is 208 g/mol. The van der Waals surface area contributed by atoms with Crippen LogP contribution < -0.4 is 10.5 Å². The van der Waals surface area contributed by atoms with Crippen LogP contribution in [0.3, 0.4) is 0 Å². The average Bonchev–Trinajstić information content (AvgIpc) is 2.26. The van der Waals surface area contributed by atoms with Gasteiger partial charge in [0.15, 0.2) is 0 Å². The third kappa shape index (κ3) is 4.32. The van der Waals surface area contributed by atoms with E-state index in [1.165, 1.54) is 5.56 Å². The standard InChI is InChI=1S/C12H20N2O/c1-14(8-4-7-13)10-11-5-3-6-12(9-11)15-2/h3,5-6,9H,4,7-8,10,13H2,1-2H3. The predicted molar refractivity (Wildman–Crippen MR) is 63.0 cm³/mol. The number of rotatable bonds is 6. The van der Waals surface area contributed by atoms with Gasteiger partial charge in [0.1, 0.15) is 5.75 Å². The fraction of sp³-hybridized carbons (Fsp3) is 0.500. The Labute approximate surface area is 91.8 Å². The Balaban J connectivity index is 2.48. The molecule has 0 aliphatic carbocycles. The van der Waals surface area contributed by atoms with E-state index in [2.05, 4.69) is 24.1 Å². The Kier molecular flexibility index (Phi) is 5.15. The van der Waals surface area contributed by atoms with Crippen LogP contribution in [0.5, 0.6) is 5.75 Å². The van der Waals surface area contributed by atoms with E-state index in [9.17, 15) is 0 Å². The maximum absolute atomic E-state index is 5.47. The van der Waals surface area contributed by atoms with Crippen molar-refractivity contribution in [1.29, 1.82) is 0 Å². The topological polar surface area (TPSA) is 38.5 Å². The number of nitrogens with zero attached hydrogens (tertiary/aromatic N) is 1. The molecule has 15 heavy (non-hydrogen) atoms. The van der Waals surface area contributed by atoms with Gasteiger partial charge in [-0.15, -0.1) is 0 Å². The summed E-state index contributed by atoms with van der Waals surface area (Å²) in [6, 6.07) is 8.16. The molecule has 0 radical (unpaired) electrons. The molecule has 84 valence electrons. The number of ether oxygens (including phenoxy) is 1. The lowest BCUT2D eigenvalue weighted by Crippen LogP contribution is -2.21. The first-order chi connectivity index (χ1) is 7.26. The summed E-state index contributed by atoms with van der Waals surface area (Å²) in [4.78, 5) is 2.27. The zero-order valence-electron chi connectivity index (χ0n) is 9.57. The van der Waals surface area contributed by atoms with Gasteiger partial charge in [0.05, 0.1) is 7.11 Å². The molecule has 1 aromatic rings. The Hall–Kier alpha value is -1.06. The van der Waals surface area contributed by atoms with Crippen LogP contribution in [0.2, 0.25) is 0 Å². The van der Waals surface area contributed by atoms with Gasteiger partial charge < -0.3 is 15.4 Å². The van der Waals surface area contributed by atoms with Crippen LogP contribution in [0.4, 0.5) is 0 Å². The molecular formula is C12H20N2O. The summed E-state index contributed by atoms with van der Waals surface area (Å²) in [7, 11) is 3.80. The summed E-state index contributed by atoms with van der Waals surface area (Å²) >= 11 is 0. The van der Waals surface area contributed by atoms with Crippen molar-refractivity contribution in [2.24, 2.45) is 5.73 Å². The Morgan fingerprint density at radius 1 is 1.40 bits per heavy atom. The number of hydrogen-bond acceptors (Lipinski definition) is 3. The van der Waals surface area contributed by atoms with E-state index in [1.54, 1.807) is 7.11 Å². The first-order valence-corrected chi connectivity index (χ1v) is 5.28. The summed E-state index contributed by atoms with van der Waals surface area (Å²) in [5.41, 5.74) is 6.74. The second-order valence-corrected chi connectivity index (χ2v) is 3.73. The summed E-state index contributed by atoms with van der Waals surface area (Å²) in [6.07, 6.45) is 1.04. The van der Waals surface area contributed by atoms with Crippen molar-refractivity contribution in [2.75, 3.05) is 27.2 Å². The lowest BCUT2D eigenvalue weighted by Gasteiger charge is -2.16. The lowest BCUT2D eigenvalue weighted by atomic mass is 10.2. The average molecular weight is 208 g/mol. The molecule has 0 heterocycles. The van der Waals surface area contributed by atoms with Crippen LogP contribution >= 0.6 is 0 Å². The molecular weight excluding hydrogens is 188 g/mol. The van der Waals surface area contributed by atoms with Crippen LogP contribution in [0.15, 0.2) is 24.3 Å². The van der Waals surface area contributed by atoms with E-state index in [-0.39, 0.29) is 0 Å². The maximum atomic E-state index is 5.47. The molecule has 2 N–H and O–H groups in total. The Bertz CT molecular complexity index is 289. The molecule has 3 heteroatoms. The van der Waals surface area contributed by atoms with Crippen molar-refractivity contribution in [3.8, 4) is 5.75 Å². The molecule has 0 spiro atoms. The van der Waals surface area contributed by atoms with Crippen LogP contribution in [0.25, 0.3) is 0 Å². The molecule has 0 saturated carbocycles. The van der Waals surface area contributed by atoms with Gasteiger partial charge in [-0.2, -0.15) is 0 Å². The summed E-state index contributed by atoms with van der Waals surface area (Å²) < 4.78 is 5.18. The van der Waals surface area contributed by atoms with Crippen molar-refractivity contribution < 1.29 is 4.74 Å². The highest BCUT2D eigenvalue weighted by Crippen LogP contribution is 2.13. The fourth-order valence-corrected chi connectivity index (χ4v) is 1.52. The largest absolute Gasteiger partial charge is 0.497 e. The molecule has 0 aliphatic rings.